The number of urea groups is 1. The highest BCUT2D eigenvalue weighted by Crippen LogP contribution is 2.28. The molecule has 7 heteroatoms. The second-order valence-corrected chi connectivity index (χ2v) is 5.72. The SMILES string of the molecule is C#CC1(O)CCCC(NC(=O)Nc2cc(F)cc(Cl)c2F)C1. The summed E-state index contributed by atoms with van der Waals surface area (Å²) in [6.45, 7) is 0. The number of anilines is 1. The Morgan fingerprint density at radius 3 is 2.91 bits per heavy atom. The number of halogens is 3. The molecule has 1 fully saturated rings. The first-order valence-electron chi connectivity index (χ1n) is 6.75. The standard InChI is InChI=1S/C15H15ClF2N2O2/c1-2-15(22)5-3-4-10(8-15)19-14(21)20-12-7-9(17)6-11(16)13(12)18/h1,6-7,10,22H,3-5,8H2,(H2,19,20,21). The molecule has 4 nitrogen and oxygen atoms in total. The Bertz CT molecular complexity index is 633. The molecule has 2 rings (SSSR count). The van der Waals surface area contributed by atoms with Crippen molar-refractivity contribution >= 4 is 23.3 Å². The summed E-state index contributed by atoms with van der Waals surface area (Å²) >= 11 is 5.51. The summed E-state index contributed by atoms with van der Waals surface area (Å²) in [5, 5.41) is 14.4. The van der Waals surface area contributed by atoms with Crippen LogP contribution in [0.15, 0.2) is 12.1 Å². The van der Waals surface area contributed by atoms with Gasteiger partial charge in [-0.15, -0.1) is 6.42 Å². The second-order valence-electron chi connectivity index (χ2n) is 5.32. The van der Waals surface area contributed by atoms with E-state index in [4.69, 9.17) is 18.0 Å². The molecule has 0 aromatic heterocycles. The van der Waals surface area contributed by atoms with Gasteiger partial charge in [0.1, 0.15) is 11.4 Å². The van der Waals surface area contributed by atoms with Crippen LogP contribution in [-0.4, -0.2) is 22.8 Å². The third kappa shape index (κ3) is 3.87. The summed E-state index contributed by atoms with van der Waals surface area (Å²) in [7, 11) is 0. The van der Waals surface area contributed by atoms with Gasteiger partial charge in [-0.3, -0.25) is 0 Å². The molecule has 1 aliphatic rings. The largest absolute Gasteiger partial charge is 0.378 e. The second kappa shape index (κ2) is 6.51. The average molecular weight is 329 g/mol. The molecule has 1 aliphatic carbocycles. The molecule has 2 atom stereocenters. The van der Waals surface area contributed by atoms with Crippen molar-refractivity contribution in [3.05, 3.63) is 28.8 Å². The third-order valence-corrected chi connectivity index (χ3v) is 3.85. The fourth-order valence-electron chi connectivity index (χ4n) is 2.50. The number of nitrogens with one attached hydrogen (secondary N) is 2. The molecular formula is C15H15ClF2N2O2. The summed E-state index contributed by atoms with van der Waals surface area (Å²) in [6.07, 6.45) is 7.26. The lowest BCUT2D eigenvalue weighted by Crippen LogP contribution is -2.46. The van der Waals surface area contributed by atoms with E-state index in [0.29, 0.717) is 19.3 Å². The number of aliphatic hydroxyl groups is 1. The predicted molar refractivity (Wildman–Crippen MR) is 79.6 cm³/mol. The van der Waals surface area contributed by atoms with Gasteiger partial charge in [0.05, 0.1) is 10.7 Å². The highest BCUT2D eigenvalue weighted by molar-refractivity contribution is 6.31. The smallest absolute Gasteiger partial charge is 0.319 e. The molecule has 0 radical (unpaired) electrons. The third-order valence-electron chi connectivity index (χ3n) is 3.57. The minimum Gasteiger partial charge on any atom is -0.378 e. The first-order chi connectivity index (χ1) is 10.3. The zero-order chi connectivity index (χ0) is 16.3. The van der Waals surface area contributed by atoms with Crippen molar-refractivity contribution < 1.29 is 18.7 Å². The Labute approximate surface area is 131 Å². The van der Waals surface area contributed by atoms with Crippen molar-refractivity contribution in [3.8, 4) is 12.3 Å². The van der Waals surface area contributed by atoms with Gasteiger partial charge in [-0.1, -0.05) is 17.5 Å². The van der Waals surface area contributed by atoms with Gasteiger partial charge in [-0.25, -0.2) is 13.6 Å². The maximum atomic E-state index is 13.7. The van der Waals surface area contributed by atoms with Crippen molar-refractivity contribution in [3.63, 3.8) is 0 Å². The molecule has 2 amide bonds. The topological polar surface area (TPSA) is 61.4 Å². The fourth-order valence-corrected chi connectivity index (χ4v) is 2.70. The van der Waals surface area contributed by atoms with Gasteiger partial charge in [0.2, 0.25) is 0 Å². The van der Waals surface area contributed by atoms with E-state index in [9.17, 15) is 18.7 Å². The molecule has 1 aromatic rings. The van der Waals surface area contributed by atoms with Gasteiger partial charge in [0.25, 0.3) is 0 Å². The Kier molecular flexibility index (Phi) is 4.89. The zero-order valence-electron chi connectivity index (χ0n) is 11.6. The molecule has 118 valence electrons. The summed E-state index contributed by atoms with van der Waals surface area (Å²) in [4.78, 5) is 11.9. The molecule has 0 spiro atoms. The quantitative estimate of drug-likeness (QED) is 0.577. The zero-order valence-corrected chi connectivity index (χ0v) is 12.4. The van der Waals surface area contributed by atoms with Crippen molar-refractivity contribution in [2.45, 2.75) is 37.3 Å². The Hall–Kier alpha value is -1.84. The summed E-state index contributed by atoms with van der Waals surface area (Å²) in [6, 6.07) is 0.585. The molecular weight excluding hydrogens is 314 g/mol. The van der Waals surface area contributed by atoms with Crippen LogP contribution in [0.2, 0.25) is 5.02 Å². The Morgan fingerprint density at radius 2 is 2.23 bits per heavy atom. The van der Waals surface area contributed by atoms with Crippen molar-refractivity contribution in [1.29, 1.82) is 0 Å². The maximum Gasteiger partial charge on any atom is 0.319 e. The predicted octanol–water partition coefficient (Wildman–Crippen LogP) is 3.05. The minimum absolute atomic E-state index is 0.212. The van der Waals surface area contributed by atoms with E-state index in [1.807, 2.05) is 0 Å². The first-order valence-corrected chi connectivity index (χ1v) is 7.13. The highest BCUT2D eigenvalue weighted by Gasteiger charge is 2.33. The van der Waals surface area contributed by atoms with Crippen LogP contribution >= 0.6 is 11.6 Å². The molecule has 3 N–H and O–H groups in total. The summed E-state index contributed by atoms with van der Waals surface area (Å²) < 4.78 is 26.9. The Balaban J connectivity index is 2.01. The lowest BCUT2D eigenvalue weighted by molar-refractivity contribution is 0.0490. The van der Waals surface area contributed by atoms with Crippen LogP contribution < -0.4 is 10.6 Å². The van der Waals surface area contributed by atoms with Crippen LogP contribution in [0.3, 0.4) is 0 Å². The lowest BCUT2D eigenvalue weighted by Gasteiger charge is -2.33. The molecule has 0 saturated heterocycles. The normalized spacial score (nSPS) is 24.4. The monoisotopic (exact) mass is 328 g/mol. The lowest BCUT2D eigenvalue weighted by atomic mass is 9.82. The van der Waals surface area contributed by atoms with Crippen molar-refractivity contribution in [1.82, 2.24) is 5.32 Å². The molecule has 1 aromatic carbocycles. The van der Waals surface area contributed by atoms with Gasteiger partial charge >= 0.3 is 6.03 Å². The van der Waals surface area contributed by atoms with Gasteiger partial charge in [-0.05, 0) is 25.3 Å². The van der Waals surface area contributed by atoms with E-state index in [0.717, 1.165) is 12.1 Å². The summed E-state index contributed by atoms with van der Waals surface area (Å²) in [5.74, 6) is 0.636. The van der Waals surface area contributed by atoms with Gasteiger partial charge in [0.15, 0.2) is 5.82 Å². The molecule has 0 aliphatic heterocycles. The number of hydrogen-bond acceptors (Lipinski definition) is 2. The Morgan fingerprint density at radius 1 is 1.50 bits per heavy atom. The van der Waals surface area contributed by atoms with Crippen molar-refractivity contribution in [2.24, 2.45) is 0 Å². The fraction of sp³-hybridized carbons (Fsp3) is 0.400. The minimum atomic E-state index is -1.25. The van der Waals surface area contributed by atoms with Crippen LogP contribution in [-0.2, 0) is 0 Å². The average Bonchev–Trinajstić information content (AvgIpc) is 2.44. The number of amides is 2. The van der Waals surface area contributed by atoms with Crippen LogP contribution in [0.25, 0.3) is 0 Å². The van der Waals surface area contributed by atoms with Crippen molar-refractivity contribution in [2.75, 3.05) is 5.32 Å². The van der Waals surface area contributed by atoms with Crippen LogP contribution in [0, 0.1) is 24.0 Å². The number of carbonyl (C=O) groups excluding carboxylic acids is 1. The van der Waals surface area contributed by atoms with E-state index < -0.39 is 28.3 Å². The summed E-state index contributed by atoms with van der Waals surface area (Å²) in [5.41, 5.74) is -1.60. The molecule has 0 bridgehead atoms. The molecule has 1 saturated carbocycles. The van der Waals surface area contributed by atoms with E-state index in [-0.39, 0.29) is 18.2 Å². The molecule has 2 unspecified atom stereocenters. The van der Waals surface area contributed by atoms with E-state index in [1.54, 1.807) is 0 Å². The molecule has 0 heterocycles. The number of terminal acetylenes is 1. The number of rotatable bonds is 2. The first kappa shape index (κ1) is 16.5. The van der Waals surface area contributed by atoms with E-state index in [2.05, 4.69) is 16.6 Å². The van der Waals surface area contributed by atoms with Crippen LogP contribution in [0.4, 0.5) is 19.3 Å². The molecule has 22 heavy (non-hydrogen) atoms. The van der Waals surface area contributed by atoms with Gasteiger partial charge in [-0.2, -0.15) is 0 Å². The highest BCUT2D eigenvalue weighted by atomic mass is 35.5. The number of carbonyl (C=O) groups is 1. The number of benzene rings is 1. The van der Waals surface area contributed by atoms with Crippen LogP contribution in [0.1, 0.15) is 25.7 Å². The maximum absolute atomic E-state index is 13.7. The number of hydrogen-bond donors (Lipinski definition) is 3. The van der Waals surface area contributed by atoms with E-state index in [1.165, 1.54) is 0 Å². The van der Waals surface area contributed by atoms with Gasteiger partial charge < -0.3 is 15.7 Å². The van der Waals surface area contributed by atoms with Gasteiger partial charge in [0, 0.05) is 18.5 Å². The van der Waals surface area contributed by atoms with E-state index >= 15 is 0 Å². The van der Waals surface area contributed by atoms with Crippen LogP contribution in [0.5, 0.6) is 0 Å².